The second-order valence-electron chi connectivity index (χ2n) is 6.97. The third-order valence-corrected chi connectivity index (χ3v) is 5.09. The minimum absolute atomic E-state index is 0.226. The van der Waals surface area contributed by atoms with Gasteiger partial charge in [0.1, 0.15) is 6.61 Å². The van der Waals surface area contributed by atoms with Crippen LogP contribution in [0.5, 0.6) is 11.5 Å². The maximum Gasteiger partial charge on any atom is 0.311 e. The van der Waals surface area contributed by atoms with Gasteiger partial charge in [0.25, 0.3) is 0 Å². The van der Waals surface area contributed by atoms with Gasteiger partial charge in [-0.05, 0) is 44.2 Å². The number of nitrogens with two attached hydrogens (primary N) is 1. The number of likely N-dealkylation sites (tertiary alicyclic amines) is 1. The minimum Gasteiger partial charge on any atom is -0.493 e. The van der Waals surface area contributed by atoms with E-state index in [1.807, 2.05) is 18.2 Å². The van der Waals surface area contributed by atoms with Gasteiger partial charge in [-0.15, -0.1) is 0 Å². The number of hydrogen-bond acceptors (Lipinski definition) is 5. The molecule has 1 aromatic rings. The molecule has 0 aromatic heterocycles. The van der Waals surface area contributed by atoms with Crippen LogP contribution in [0.1, 0.15) is 24.8 Å². The van der Waals surface area contributed by atoms with Crippen LogP contribution in [0.3, 0.4) is 0 Å². The molecule has 2 heterocycles. The fourth-order valence-corrected chi connectivity index (χ4v) is 3.76. The number of fused-ring (bicyclic) bond motifs is 1. The zero-order valence-corrected chi connectivity index (χ0v) is 15.2. The first-order chi connectivity index (χ1) is 12.6. The lowest BCUT2D eigenvalue weighted by Gasteiger charge is -2.33. The molecule has 2 atom stereocenters. The Morgan fingerprint density at radius 3 is 3.04 bits per heavy atom. The standard InChI is InChI=1S/C19H27N3O4/c1-25-16-6-2-5-14-10-15(12-26-17(14)16)21-18(23)19(24)22-9-3-4-13(11-22)7-8-20/h2,5-6,13,15H,3-4,7-12,20H2,1H3,(H,21,23). The SMILES string of the molecule is COc1cccc2c1OCC(NC(=O)C(=O)N1CCCC(CCN)C1)C2. The molecule has 0 bridgehead atoms. The molecule has 2 aliphatic rings. The Labute approximate surface area is 153 Å². The number of carbonyl (C=O) groups excluding carboxylic acids is 2. The molecule has 0 radical (unpaired) electrons. The summed E-state index contributed by atoms with van der Waals surface area (Å²) in [6, 6.07) is 5.45. The summed E-state index contributed by atoms with van der Waals surface area (Å²) in [4.78, 5) is 26.5. The monoisotopic (exact) mass is 361 g/mol. The minimum atomic E-state index is -0.557. The maximum atomic E-state index is 12.5. The highest BCUT2D eigenvalue weighted by Gasteiger charge is 2.30. The van der Waals surface area contributed by atoms with Gasteiger partial charge in [0.15, 0.2) is 11.5 Å². The Bertz CT molecular complexity index is 662. The van der Waals surface area contributed by atoms with Gasteiger partial charge in [-0.25, -0.2) is 0 Å². The van der Waals surface area contributed by atoms with E-state index in [0.717, 1.165) is 24.8 Å². The van der Waals surface area contributed by atoms with E-state index in [4.69, 9.17) is 15.2 Å². The van der Waals surface area contributed by atoms with Crippen molar-refractivity contribution in [1.82, 2.24) is 10.2 Å². The molecule has 3 N–H and O–H groups in total. The Morgan fingerprint density at radius 1 is 1.42 bits per heavy atom. The Kier molecular flexibility index (Phi) is 5.98. The van der Waals surface area contributed by atoms with Gasteiger partial charge < -0.3 is 25.4 Å². The number of nitrogens with zero attached hydrogens (tertiary/aromatic N) is 1. The number of carbonyl (C=O) groups is 2. The molecule has 1 aromatic carbocycles. The molecule has 7 nitrogen and oxygen atoms in total. The highest BCUT2D eigenvalue weighted by Crippen LogP contribution is 2.34. The fourth-order valence-electron chi connectivity index (χ4n) is 3.76. The molecule has 7 heteroatoms. The molecule has 0 saturated carbocycles. The number of benzene rings is 1. The van der Waals surface area contributed by atoms with Crippen LogP contribution >= 0.6 is 0 Å². The molecule has 1 fully saturated rings. The Balaban J connectivity index is 1.57. The van der Waals surface area contributed by atoms with E-state index in [0.29, 0.717) is 50.1 Å². The lowest BCUT2D eigenvalue weighted by Crippen LogP contribution is -2.51. The van der Waals surface area contributed by atoms with Crippen LogP contribution in [-0.2, 0) is 16.0 Å². The predicted octanol–water partition coefficient (Wildman–Crippen LogP) is 0.702. The molecule has 0 spiro atoms. The summed E-state index contributed by atoms with van der Waals surface area (Å²) in [5, 5.41) is 2.82. The number of ether oxygens (including phenoxy) is 2. The molecule has 1 saturated heterocycles. The van der Waals surface area contributed by atoms with Gasteiger partial charge in [-0.1, -0.05) is 12.1 Å². The van der Waals surface area contributed by atoms with Gasteiger partial charge >= 0.3 is 11.8 Å². The first-order valence-corrected chi connectivity index (χ1v) is 9.21. The van der Waals surface area contributed by atoms with E-state index in [1.165, 1.54) is 0 Å². The number of rotatable bonds is 4. The van der Waals surface area contributed by atoms with Gasteiger partial charge in [0.05, 0.1) is 13.2 Å². The van der Waals surface area contributed by atoms with E-state index in [1.54, 1.807) is 12.0 Å². The van der Waals surface area contributed by atoms with Gasteiger partial charge in [0, 0.05) is 18.7 Å². The topological polar surface area (TPSA) is 93.9 Å². The van der Waals surface area contributed by atoms with Crippen molar-refractivity contribution in [3.05, 3.63) is 23.8 Å². The summed E-state index contributed by atoms with van der Waals surface area (Å²) in [7, 11) is 1.60. The normalized spacial score (nSPS) is 22.2. The van der Waals surface area contributed by atoms with Crippen molar-refractivity contribution in [3.63, 3.8) is 0 Å². The average Bonchev–Trinajstić information content (AvgIpc) is 2.67. The summed E-state index contributed by atoms with van der Waals surface area (Å²) in [5.41, 5.74) is 6.59. The molecular formula is C19H27N3O4. The highest BCUT2D eigenvalue weighted by molar-refractivity contribution is 6.35. The molecule has 26 heavy (non-hydrogen) atoms. The molecule has 2 aliphatic heterocycles. The number of piperidine rings is 1. The van der Waals surface area contributed by atoms with E-state index < -0.39 is 11.8 Å². The van der Waals surface area contributed by atoms with Crippen molar-refractivity contribution in [3.8, 4) is 11.5 Å². The van der Waals surface area contributed by atoms with E-state index in [-0.39, 0.29) is 6.04 Å². The van der Waals surface area contributed by atoms with Crippen LogP contribution < -0.4 is 20.5 Å². The smallest absolute Gasteiger partial charge is 0.311 e. The van der Waals surface area contributed by atoms with E-state index in [2.05, 4.69) is 5.32 Å². The third-order valence-electron chi connectivity index (χ3n) is 5.09. The second kappa shape index (κ2) is 8.40. The number of hydrogen-bond donors (Lipinski definition) is 2. The van der Waals surface area contributed by atoms with Crippen molar-refractivity contribution < 1.29 is 19.1 Å². The lowest BCUT2D eigenvalue weighted by atomic mass is 9.95. The van der Waals surface area contributed by atoms with Crippen LogP contribution in [-0.4, -0.2) is 56.1 Å². The number of amides is 2. The van der Waals surface area contributed by atoms with E-state index >= 15 is 0 Å². The summed E-state index contributed by atoms with van der Waals surface area (Å²) in [5.74, 6) is 0.777. The molecule has 2 unspecified atom stereocenters. The molecular weight excluding hydrogens is 334 g/mol. The molecule has 0 aliphatic carbocycles. The summed E-state index contributed by atoms with van der Waals surface area (Å²) in [6.07, 6.45) is 3.49. The summed E-state index contributed by atoms with van der Waals surface area (Å²) < 4.78 is 11.0. The van der Waals surface area contributed by atoms with Crippen LogP contribution in [0, 0.1) is 5.92 Å². The number of methoxy groups -OCH3 is 1. The second-order valence-corrected chi connectivity index (χ2v) is 6.97. The first kappa shape index (κ1) is 18.5. The molecule has 3 rings (SSSR count). The maximum absolute atomic E-state index is 12.5. The van der Waals surface area contributed by atoms with Crippen LogP contribution in [0.15, 0.2) is 18.2 Å². The van der Waals surface area contributed by atoms with Crippen LogP contribution in [0.4, 0.5) is 0 Å². The average molecular weight is 361 g/mol. The fraction of sp³-hybridized carbons (Fsp3) is 0.579. The van der Waals surface area contributed by atoms with Crippen molar-refractivity contribution >= 4 is 11.8 Å². The zero-order chi connectivity index (χ0) is 18.5. The Hall–Kier alpha value is -2.28. The molecule has 142 valence electrons. The summed E-state index contributed by atoms with van der Waals surface area (Å²) >= 11 is 0. The highest BCUT2D eigenvalue weighted by atomic mass is 16.5. The Morgan fingerprint density at radius 2 is 2.27 bits per heavy atom. The zero-order valence-electron chi connectivity index (χ0n) is 15.2. The van der Waals surface area contributed by atoms with Gasteiger partial charge in [-0.3, -0.25) is 9.59 Å². The largest absolute Gasteiger partial charge is 0.493 e. The number of para-hydroxylation sites is 1. The van der Waals surface area contributed by atoms with E-state index in [9.17, 15) is 9.59 Å². The first-order valence-electron chi connectivity index (χ1n) is 9.21. The van der Waals surface area contributed by atoms with Crippen molar-refractivity contribution in [1.29, 1.82) is 0 Å². The van der Waals surface area contributed by atoms with Gasteiger partial charge in [0.2, 0.25) is 0 Å². The summed E-state index contributed by atoms with van der Waals surface area (Å²) in [6.45, 7) is 2.18. The predicted molar refractivity (Wildman–Crippen MR) is 97.1 cm³/mol. The van der Waals surface area contributed by atoms with Crippen LogP contribution in [0.2, 0.25) is 0 Å². The number of nitrogens with one attached hydrogen (secondary N) is 1. The van der Waals surface area contributed by atoms with Crippen molar-refractivity contribution in [2.24, 2.45) is 11.7 Å². The quantitative estimate of drug-likeness (QED) is 0.770. The van der Waals surface area contributed by atoms with Crippen LogP contribution in [0.25, 0.3) is 0 Å². The third kappa shape index (κ3) is 4.09. The lowest BCUT2D eigenvalue weighted by molar-refractivity contribution is -0.147. The van der Waals surface area contributed by atoms with Crippen molar-refractivity contribution in [2.45, 2.75) is 31.7 Å². The van der Waals surface area contributed by atoms with Gasteiger partial charge in [-0.2, -0.15) is 0 Å². The van der Waals surface area contributed by atoms with Crippen molar-refractivity contribution in [2.75, 3.05) is 33.4 Å². The molecule has 2 amide bonds.